The van der Waals surface area contributed by atoms with Gasteiger partial charge in [-0.05, 0) is 67.8 Å². The maximum atomic E-state index is 11.8. The molecule has 1 N–H and O–H groups in total. The Kier molecular flexibility index (Phi) is 2.96. The molecule has 0 radical (unpaired) electrons. The van der Waals surface area contributed by atoms with Crippen LogP contribution in [-0.4, -0.2) is 17.0 Å². The molecule has 6 atom stereocenters. The van der Waals surface area contributed by atoms with E-state index in [1.54, 1.807) is 0 Å². The molecular weight excluding hydrogens is 260 g/mol. The molecule has 0 aromatic heterocycles. The molecule has 3 saturated carbocycles. The second kappa shape index (κ2) is 4.44. The molecule has 0 spiro atoms. The highest BCUT2D eigenvalue weighted by atomic mass is 16.3. The van der Waals surface area contributed by atoms with Gasteiger partial charge in [-0.2, -0.15) is 0 Å². The second-order valence-electron chi connectivity index (χ2n) is 8.64. The summed E-state index contributed by atoms with van der Waals surface area (Å²) in [5.41, 5.74) is 1.70. The van der Waals surface area contributed by atoms with Crippen LogP contribution in [0, 0.1) is 28.6 Å². The number of ketones is 1. The van der Waals surface area contributed by atoms with E-state index in [-0.39, 0.29) is 11.2 Å². The predicted octanol–water partition coefficient (Wildman–Crippen LogP) is 3.88. The first-order valence-corrected chi connectivity index (χ1v) is 8.87. The third-order valence-electron chi connectivity index (χ3n) is 7.85. The average molecular weight is 288 g/mol. The third kappa shape index (κ3) is 1.78. The van der Waals surface area contributed by atoms with Crippen molar-refractivity contribution in [2.24, 2.45) is 28.6 Å². The standard InChI is InChI=1S/C19H28O2/c1-18-8-3-4-15(18)14-6-5-12-10-13(20)11-17(21)19(12,2)16(14)7-9-18/h10,14-17,21H,3-9,11H2,1-2H3/t14-,15-,16-,17?,18-,19-/m0/s1. The Balaban J connectivity index is 1.73. The molecule has 1 unspecified atom stereocenters. The number of rotatable bonds is 0. The average Bonchev–Trinajstić information content (AvgIpc) is 2.82. The molecule has 0 aliphatic heterocycles. The van der Waals surface area contributed by atoms with Gasteiger partial charge in [-0.15, -0.1) is 0 Å². The van der Waals surface area contributed by atoms with Crippen molar-refractivity contribution in [3.8, 4) is 0 Å². The minimum absolute atomic E-state index is 0.124. The van der Waals surface area contributed by atoms with Crippen LogP contribution >= 0.6 is 0 Å². The Morgan fingerprint density at radius 1 is 1.14 bits per heavy atom. The van der Waals surface area contributed by atoms with E-state index in [4.69, 9.17) is 0 Å². The Labute approximate surface area is 128 Å². The van der Waals surface area contributed by atoms with Gasteiger partial charge in [0.25, 0.3) is 0 Å². The maximum Gasteiger partial charge on any atom is 0.158 e. The summed E-state index contributed by atoms with van der Waals surface area (Å²) in [6.45, 7) is 4.76. The van der Waals surface area contributed by atoms with E-state index in [2.05, 4.69) is 13.8 Å². The van der Waals surface area contributed by atoms with Gasteiger partial charge in [0, 0.05) is 11.8 Å². The van der Waals surface area contributed by atoms with Crippen molar-refractivity contribution in [3.63, 3.8) is 0 Å². The number of hydrogen-bond donors (Lipinski definition) is 1. The van der Waals surface area contributed by atoms with Crippen LogP contribution in [0.25, 0.3) is 0 Å². The number of hydrogen-bond acceptors (Lipinski definition) is 2. The van der Waals surface area contributed by atoms with E-state index in [1.165, 1.54) is 44.1 Å². The van der Waals surface area contributed by atoms with Crippen LogP contribution in [-0.2, 0) is 4.79 Å². The summed E-state index contributed by atoms with van der Waals surface area (Å²) < 4.78 is 0. The normalized spacial score (nSPS) is 52.7. The highest BCUT2D eigenvalue weighted by Crippen LogP contribution is 2.65. The van der Waals surface area contributed by atoms with Crippen LogP contribution in [0.15, 0.2) is 11.6 Å². The number of aliphatic hydroxyl groups excluding tert-OH is 1. The van der Waals surface area contributed by atoms with Gasteiger partial charge in [0.15, 0.2) is 5.78 Å². The molecule has 0 bridgehead atoms. The third-order valence-corrected chi connectivity index (χ3v) is 7.85. The molecule has 0 heterocycles. The maximum absolute atomic E-state index is 11.8. The fourth-order valence-corrected chi connectivity index (χ4v) is 6.60. The number of carbonyl (C=O) groups is 1. The van der Waals surface area contributed by atoms with Crippen molar-refractivity contribution in [1.29, 1.82) is 0 Å². The smallest absolute Gasteiger partial charge is 0.158 e. The molecular formula is C19H28O2. The zero-order valence-electron chi connectivity index (χ0n) is 13.4. The molecule has 2 heteroatoms. The Bertz CT molecular complexity index is 508. The molecule has 4 aliphatic rings. The Morgan fingerprint density at radius 3 is 2.76 bits per heavy atom. The highest BCUT2D eigenvalue weighted by molar-refractivity contribution is 5.92. The van der Waals surface area contributed by atoms with Crippen molar-refractivity contribution in [2.45, 2.75) is 71.3 Å². The van der Waals surface area contributed by atoms with Gasteiger partial charge in [-0.3, -0.25) is 4.79 Å². The van der Waals surface area contributed by atoms with Crippen LogP contribution in [0.3, 0.4) is 0 Å². The molecule has 0 amide bonds. The molecule has 4 aliphatic carbocycles. The lowest BCUT2D eigenvalue weighted by Crippen LogP contribution is -2.54. The van der Waals surface area contributed by atoms with Crippen molar-refractivity contribution >= 4 is 5.78 Å². The SMILES string of the molecule is C[C@@]12CCC[C@H]1[C@@H]1CCC3=CC(=O)CC(O)[C@]3(C)[C@H]1CC2. The monoisotopic (exact) mass is 288 g/mol. The highest BCUT2D eigenvalue weighted by Gasteiger charge is 2.58. The van der Waals surface area contributed by atoms with Gasteiger partial charge in [0.2, 0.25) is 0 Å². The van der Waals surface area contributed by atoms with E-state index in [0.29, 0.717) is 17.8 Å². The molecule has 3 fully saturated rings. The largest absolute Gasteiger partial charge is 0.392 e. The van der Waals surface area contributed by atoms with Crippen LogP contribution in [0.2, 0.25) is 0 Å². The summed E-state index contributed by atoms with van der Waals surface area (Å²) >= 11 is 0. The number of aliphatic hydroxyl groups is 1. The molecule has 116 valence electrons. The van der Waals surface area contributed by atoms with Crippen LogP contribution in [0.5, 0.6) is 0 Å². The van der Waals surface area contributed by atoms with Crippen LogP contribution < -0.4 is 0 Å². The Morgan fingerprint density at radius 2 is 1.95 bits per heavy atom. The first kappa shape index (κ1) is 14.0. The van der Waals surface area contributed by atoms with Crippen molar-refractivity contribution in [2.75, 3.05) is 0 Å². The zero-order valence-corrected chi connectivity index (χ0v) is 13.4. The van der Waals surface area contributed by atoms with Gasteiger partial charge in [-0.25, -0.2) is 0 Å². The van der Waals surface area contributed by atoms with Gasteiger partial charge in [0.1, 0.15) is 0 Å². The Hall–Kier alpha value is -0.630. The van der Waals surface area contributed by atoms with Crippen molar-refractivity contribution in [3.05, 3.63) is 11.6 Å². The topological polar surface area (TPSA) is 37.3 Å². The summed E-state index contributed by atoms with van der Waals surface area (Å²) in [4.78, 5) is 11.8. The summed E-state index contributed by atoms with van der Waals surface area (Å²) in [7, 11) is 0. The van der Waals surface area contributed by atoms with E-state index in [0.717, 1.165) is 18.3 Å². The van der Waals surface area contributed by atoms with E-state index in [9.17, 15) is 9.90 Å². The summed E-state index contributed by atoms with van der Waals surface area (Å²) in [5.74, 6) is 2.36. The second-order valence-corrected chi connectivity index (χ2v) is 8.64. The molecule has 4 rings (SSSR count). The molecule has 2 nitrogen and oxygen atoms in total. The van der Waals surface area contributed by atoms with Crippen LogP contribution in [0.4, 0.5) is 0 Å². The molecule has 21 heavy (non-hydrogen) atoms. The minimum Gasteiger partial charge on any atom is -0.392 e. The van der Waals surface area contributed by atoms with E-state index < -0.39 is 6.10 Å². The van der Waals surface area contributed by atoms with Crippen LogP contribution in [0.1, 0.15) is 65.2 Å². The fourth-order valence-electron chi connectivity index (χ4n) is 6.60. The molecule has 0 aromatic rings. The zero-order chi connectivity index (χ0) is 14.8. The van der Waals surface area contributed by atoms with Gasteiger partial charge >= 0.3 is 0 Å². The predicted molar refractivity (Wildman–Crippen MR) is 82.7 cm³/mol. The minimum atomic E-state index is -0.455. The van der Waals surface area contributed by atoms with Gasteiger partial charge < -0.3 is 5.11 Å². The van der Waals surface area contributed by atoms with Gasteiger partial charge in [0.05, 0.1) is 6.10 Å². The quantitative estimate of drug-likeness (QED) is 0.734. The van der Waals surface area contributed by atoms with Crippen molar-refractivity contribution < 1.29 is 9.90 Å². The lowest BCUT2D eigenvalue weighted by molar-refractivity contribution is -0.126. The van der Waals surface area contributed by atoms with Gasteiger partial charge in [-0.1, -0.05) is 25.8 Å². The first-order chi connectivity index (χ1) is 9.95. The number of fused-ring (bicyclic) bond motifs is 5. The molecule has 0 aromatic carbocycles. The van der Waals surface area contributed by atoms with Crippen molar-refractivity contribution in [1.82, 2.24) is 0 Å². The fraction of sp³-hybridized carbons (Fsp3) is 0.842. The lowest BCUT2D eigenvalue weighted by atomic mass is 9.47. The summed E-state index contributed by atoms with van der Waals surface area (Å²) in [6, 6.07) is 0. The first-order valence-electron chi connectivity index (χ1n) is 8.87. The summed E-state index contributed by atoms with van der Waals surface area (Å²) in [5, 5.41) is 10.7. The molecule has 0 saturated heterocycles. The van der Waals surface area contributed by atoms with E-state index in [1.807, 2.05) is 6.08 Å². The lowest BCUT2D eigenvalue weighted by Gasteiger charge is -2.58. The summed E-state index contributed by atoms with van der Waals surface area (Å²) in [6.07, 6.45) is 10.8. The number of carbonyl (C=O) groups excluding carboxylic acids is 1. The van der Waals surface area contributed by atoms with E-state index >= 15 is 0 Å².